The van der Waals surface area contributed by atoms with Crippen molar-refractivity contribution >= 4 is 11.9 Å². The van der Waals surface area contributed by atoms with Gasteiger partial charge >= 0.3 is 5.97 Å². The highest BCUT2D eigenvalue weighted by Crippen LogP contribution is 2.04. The van der Waals surface area contributed by atoms with Crippen LogP contribution in [-0.2, 0) is 14.3 Å². The maximum Gasteiger partial charge on any atom is 0.322 e. The Morgan fingerprint density at radius 3 is 1.81 bits per heavy atom. The van der Waals surface area contributed by atoms with E-state index in [1.165, 1.54) is 0 Å². The molecule has 0 aromatic rings. The lowest BCUT2D eigenvalue weighted by molar-refractivity contribution is -0.140. The van der Waals surface area contributed by atoms with E-state index in [2.05, 4.69) is 73.0 Å². The first kappa shape index (κ1) is 28.6. The Balaban J connectivity index is 3.65. The van der Waals surface area contributed by atoms with Gasteiger partial charge in [-0.25, -0.2) is 0 Å². The van der Waals surface area contributed by atoms with Crippen molar-refractivity contribution in [3.05, 3.63) is 60.8 Å². The molecule has 5 nitrogen and oxygen atoms in total. The highest BCUT2D eigenvalue weighted by Gasteiger charge is 2.16. The van der Waals surface area contributed by atoms with Gasteiger partial charge in [-0.15, -0.1) is 0 Å². The number of carbonyl (C=O) groups is 2. The Labute approximate surface area is 188 Å². The first-order chi connectivity index (χ1) is 15.1. The minimum Gasteiger partial charge on any atom is -0.480 e. The van der Waals surface area contributed by atoms with Crippen molar-refractivity contribution in [1.82, 2.24) is 5.32 Å². The molecule has 0 rings (SSSR count). The maximum atomic E-state index is 11.8. The van der Waals surface area contributed by atoms with Gasteiger partial charge in [0.05, 0.1) is 0 Å². The molecule has 31 heavy (non-hydrogen) atoms. The van der Waals surface area contributed by atoms with Crippen LogP contribution in [0.4, 0.5) is 0 Å². The molecular weight excluding hydrogens is 390 g/mol. The number of carboxylic acid groups (broad SMARTS) is 1. The lowest BCUT2D eigenvalue weighted by Gasteiger charge is -2.15. The molecule has 0 spiro atoms. The van der Waals surface area contributed by atoms with E-state index in [0.717, 1.165) is 51.4 Å². The molecule has 0 aromatic carbocycles. The Kier molecular flexibility index (Phi) is 20.6. The number of unbranched alkanes of at least 4 members (excludes halogenated alkanes) is 2. The number of aliphatic carboxylic acids is 1. The minimum atomic E-state index is -1.06. The summed E-state index contributed by atoms with van der Waals surface area (Å²) in [5, 5.41) is 10.9. The first-order valence-electron chi connectivity index (χ1n) is 11.5. The van der Waals surface area contributed by atoms with E-state index in [1.807, 2.05) is 6.92 Å². The van der Waals surface area contributed by atoms with Gasteiger partial charge in [0, 0.05) is 6.61 Å². The quantitative estimate of drug-likeness (QED) is 0.197. The van der Waals surface area contributed by atoms with Crippen molar-refractivity contribution in [3.63, 3.8) is 0 Å². The monoisotopic (exact) mass is 431 g/mol. The number of hydrogen-bond acceptors (Lipinski definition) is 3. The minimum absolute atomic E-state index is 0.359. The van der Waals surface area contributed by atoms with Gasteiger partial charge in [-0.3, -0.25) is 9.59 Å². The number of hydrogen-bond donors (Lipinski definition) is 2. The molecule has 0 saturated carbocycles. The van der Waals surface area contributed by atoms with E-state index in [4.69, 9.17) is 9.84 Å². The molecule has 0 fully saturated rings. The second-order valence-corrected chi connectivity index (χ2v) is 7.08. The molecular formula is C26H41NO4. The highest BCUT2D eigenvalue weighted by atomic mass is 16.5. The van der Waals surface area contributed by atoms with Crippen molar-refractivity contribution in [1.29, 1.82) is 0 Å². The smallest absolute Gasteiger partial charge is 0.322 e. The third kappa shape index (κ3) is 20.6. The van der Waals surface area contributed by atoms with Crippen molar-refractivity contribution in [2.45, 2.75) is 77.7 Å². The Morgan fingerprint density at radius 1 is 0.806 bits per heavy atom. The lowest BCUT2D eigenvalue weighted by Crippen LogP contribution is -2.39. The van der Waals surface area contributed by atoms with Crippen LogP contribution in [0.5, 0.6) is 0 Å². The molecule has 0 saturated heterocycles. The first-order valence-corrected chi connectivity index (χ1v) is 11.5. The van der Waals surface area contributed by atoms with Crippen LogP contribution < -0.4 is 5.32 Å². The summed E-state index contributed by atoms with van der Waals surface area (Å²) in [4.78, 5) is 22.3. The van der Waals surface area contributed by atoms with Crippen molar-refractivity contribution in [3.8, 4) is 0 Å². The summed E-state index contributed by atoms with van der Waals surface area (Å²) < 4.78 is 5.56. The van der Waals surface area contributed by atoms with Gasteiger partial charge in [-0.1, -0.05) is 74.6 Å². The summed E-state index contributed by atoms with van der Waals surface area (Å²) in [7, 11) is 0. The van der Waals surface area contributed by atoms with E-state index in [9.17, 15) is 9.59 Å². The van der Waals surface area contributed by atoms with Gasteiger partial charge < -0.3 is 15.2 Å². The highest BCUT2D eigenvalue weighted by molar-refractivity contribution is 5.84. The van der Waals surface area contributed by atoms with E-state index in [0.29, 0.717) is 13.0 Å². The van der Waals surface area contributed by atoms with Crippen molar-refractivity contribution < 1.29 is 19.4 Å². The summed E-state index contributed by atoms with van der Waals surface area (Å²) in [5.41, 5.74) is 0. The summed E-state index contributed by atoms with van der Waals surface area (Å²) in [5.74, 6) is -1.41. The molecule has 1 amide bonds. The van der Waals surface area contributed by atoms with Gasteiger partial charge in [-0.05, 0) is 57.8 Å². The molecule has 0 aliphatic heterocycles. The average Bonchev–Trinajstić information content (AvgIpc) is 2.76. The molecule has 0 aliphatic carbocycles. The average molecular weight is 432 g/mol. The Hall–Kier alpha value is -2.40. The molecule has 0 heterocycles. The summed E-state index contributed by atoms with van der Waals surface area (Å²) in [6, 6.07) is 0. The van der Waals surface area contributed by atoms with Crippen LogP contribution in [0.25, 0.3) is 0 Å². The van der Waals surface area contributed by atoms with Crippen molar-refractivity contribution in [2.24, 2.45) is 0 Å². The standard InChI is InChI=1S/C26H41NO4/c1-3-5-6-7-8-9-10-11-12-13-14-15-16-17-18-19-20-21-22-31-24(4-2)26(30)27-23-25(28)29/h5-6,8-9,11-12,14-15,17-18,24H,3-4,7,10,13,16,19-23H2,1-2H3,(H,27,30)(H,28,29)/b6-5-,9-8-,12-11-,15-14-,18-17-. The summed E-state index contributed by atoms with van der Waals surface area (Å²) >= 11 is 0. The van der Waals surface area contributed by atoms with E-state index in [1.54, 1.807) is 0 Å². The number of carbonyl (C=O) groups excluding carboxylic acids is 1. The third-order valence-corrected chi connectivity index (χ3v) is 4.32. The Morgan fingerprint density at radius 2 is 1.32 bits per heavy atom. The number of carboxylic acids is 1. The predicted octanol–water partition coefficient (Wildman–Crippen LogP) is 5.90. The largest absolute Gasteiger partial charge is 0.480 e. The fourth-order valence-corrected chi connectivity index (χ4v) is 2.61. The van der Waals surface area contributed by atoms with E-state index < -0.39 is 12.1 Å². The number of nitrogens with one attached hydrogen (secondary N) is 1. The third-order valence-electron chi connectivity index (χ3n) is 4.32. The van der Waals surface area contributed by atoms with Crippen LogP contribution in [0.2, 0.25) is 0 Å². The van der Waals surface area contributed by atoms with Crippen LogP contribution in [0.15, 0.2) is 60.8 Å². The molecule has 1 unspecified atom stereocenters. The van der Waals surface area contributed by atoms with Crippen LogP contribution in [0.3, 0.4) is 0 Å². The number of amides is 1. The Bertz CT molecular complexity index is 603. The fourth-order valence-electron chi connectivity index (χ4n) is 2.61. The van der Waals surface area contributed by atoms with Crippen LogP contribution in [0, 0.1) is 0 Å². The van der Waals surface area contributed by atoms with Crippen LogP contribution >= 0.6 is 0 Å². The van der Waals surface area contributed by atoms with E-state index >= 15 is 0 Å². The second kappa shape index (κ2) is 22.3. The molecule has 0 aromatic heterocycles. The van der Waals surface area contributed by atoms with Gasteiger partial charge in [0.25, 0.3) is 0 Å². The van der Waals surface area contributed by atoms with Gasteiger partial charge in [0.2, 0.25) is 5.91 Å². The van der Waals surface area contributed by atoms with Crippen LogP contribution in [0.1, 0.15) is 71.6 Å². The SMILES string of the molecule is CC/C=C\C/C=C\C/C=C\C/C=C\C/C=C\CCCCOC(CC)C(=O)NCC(=O)O. The zero-order valence-corrected chi connectivity index (χ0v) is 19.3. The molecule has 0 aliphatic rings. The predicted molar refractivity (Wildman–Crippen MR) is 129 cm³/mol. The molecule has 0 bridgehead atoms. The topological polar surface area (TPSA) is 75.6 Å². The molecule has 2 N–H and O–H groups in total. The molecule has 174 valence electrons. The van der Waals surface area contributed by atoms with Gasteiger partial charge in [0.15, 0.2) is 0 Å². The van der Waals surface area contributed by atoms with Crippen molar-refractivity contribution in [2.75, 3.05) is 13.2 Å². The molecule has 1 atom stereocenters. The number of allylic oxidation sites excluding steroid dienone is 10. The summed E-state index contributed by atoms with van der Waals surface area (Å²) in [6.45, 7) is 4.12. The summed E-state index contributed by atoms with van der Waals surface area (Å²) in [6.07, 6.45) is 29.7. The number of rotatable bonds is 19. The van der Waals surface area contributed by atoms with E-state index in [-0.39, 0.29) is 12.5 Å². The number of ether oxygens (including phenoxy) is 1. The fraction of sp³-hybridized carbons (Fsp3) is 0.538. The normalized spacial score (nSPS) is 13.4. The van der Waals surface area contributed by atoms with Gasteiger partial charge in [-0.2, -0.15) is 0 Å². The molecule has 0 radical (unpaired) electrons. The second-order valence-electron chi connectivity index (χ2n) is 7.08. The van der Waals surface area contributed by atoms with Gasteiger partial charge in [0.1, 0.15) is 12.6 Å². The van der Waals surface area contributed by atoms with Crippen LogP contribution in [-0.4, -0.2) is 36.2 Å². The zero-order valence-electron chi connectivity index (χ0n) is 19.3. The lowest BCUT2D eigenvalue weighted by atomic mass is 10.2. The maximum absolute atomic E-state index is 11.8. The zero-order chi connectivity index (χ0) is 23.0. The molecule has 5 heteroatoms.